The smallest absolute Gasteiger partial charge is 0.261 e. The lowest BCUT2D eigenvalue weighted by molar-refractivity contribution is 0.590. The predicted molar refractivity (Wildman–Crippen MR) is 112 cm³/mol. The molecule has 0 fully saturated rings. The summed E-state index contributed by atoms with van der Waals surface area (Å²) < 4.78 is 28.5. The average molecular weight is 400 g/mol. The number of benzene rings is 3. The summed E-state index contributed by atoms with van der Waals surface area (Å²) in [5, 5.41) is 0.585. The van der Waals surface area contributed by atoms with Crippen LogP contribution in [0.4, 0.5) is 5.69 Å². The van der Waals surface area contributed by atoms with Crippen molar-refractivity contribution in [2.24, 2.45) is 0 Å². The molecular formula is C22H22ClNO2S. The normalized spacial score (nSPS) is 11.4. The zero-order valence-corrected chi connectivity index (χ0v) is 17.2. The molecule has 0 amide bonds. The zero-order valence-electron chi connectivity index (χ0n) is 15.6. The fourth-order valence-corrected chi connectivity index (χ4v) is 4.92. The van der Waals surface area contributed by atoms with Crippen LogP contribution in [0.5, 0.6) is 0 Å². The molecule has 0 saturated carbocycles. The van der Waals surface area contributed by atoms with Crippen molar-refractivity contribution in [3.8, 4) is 0 Å². The zero-order chi connectivity index (χ0) is 19.6. The summed E-state index contributed by atoms with van der Waals surface area (Å²) in [5.41, 5.74) is 4.38. The van der Waals surface area contributed by atoms with Crippen LogP contribution in [0.2, 0.25) is 5.02 Å². The van der Waals surface area contributed by atoms with Crippen LogP contribution in [-0.4, -0.2) is 8.42 Å². The molecule has 0 heterocycles. The monoisotopic (exact) mass is 399 g/mol. The van der Waals surface area contributed by atoms with Crippen molar-refractivity contribution >= 4 is 27.3 Å². The maximum Gasteiger partial charge on any atom is 0.264 e. The molecule has 5 heteroatoms. The first kappa shape index (κ1) is 19.5. The van der Waals surface area contributed by atoms with Gasteiger partial charge in [0.15, 0.2) is 0 Å². The second-order valence-corrected chi connectivity index (χ2v) is 8.99. The molecule has 0 unspecified atom stereocenters. The third-order valence-electron chi connectivity index (χ3n) is 4.51. The number of aryl methyl sites for hydroxylation is 3. The van der Waals surface area contributed by atoms with Crippen LogP contribution in [0.15, 0.2) is 71.6 Å². The summed E-state index contributed by atoms with van der Waals surface area (Å²) in [6.45, 7) is 6.00. The maximum absolute atomic E-state index is 13.5. The highest BCUT2D eigenvalue weighted by atomic mass is 35.5. The fraction of sp³-hybridized carbons (Fsp3) is 0.182. The van der Waals surface area contributed by atoms with Gasteiger partial charge in [0.25, 0.3) is 10.0 Å². The van der Waals surface area contributed by atoms with Crippen molar-refractivity contribution in [3.05, 3.63) is 94.0 Å². The fourth-order valence-electron chi connectivity index (χ4n) is 3.12. The van der Waals surface area contributed by atoms with Crippen LogP contribution in [0, 0.1) is 20.8 Å². The molecule has 3 aromatic carbocycles. The lowest BCUT2D eigenvalue weighted by Crippen LogP contribution is -2.31. The summed E-state index contributed by atoms with van der Waals surface area (Å²) in [6, 6.07) is 20.0. The lowest BCUT2D eigenvalue weighted by atomic mass is 10.1. The Hall–Kier alpha value is -2.30. The van der Waals surface area contributed by atoms with Crippen LogP contribution >= 0.6 is 11.6 Å². The molecule has 27 heavy (non-hydrogen) atoms. The van der Waals surface area contributed by atoms with Crippen LogP contribution < -0.4 is 4.31 Å². The van der Waals surface area contributed by atoms with Gasteiger partial charge >= 0.3 is 0 Å². The summed E-state index contributed by atoms with van der Waals surface area (Å²) in [7, 11) is -3.74. The van der Waals surface area contributed by atoms with E-state index in [-0.39, 0.29) is 11.4 Å². The Bertz CT molecular complexity index is 1040. The quantitative estimate of drug-likeness (QED) is 0.555. The Morgan fingerprint density at radius 1 is 0.852 bits per heavy atom. The molecule has 3 aromatic rings. The highest BCUT2D eigenvalue weighted by Gasteiger charge is 2.27. The van der Waals surface area contributed by atoms with E-state index in [0.29, 0.717) is 10.7 Å². The van der Waals surface area contributed by atoms with E-state index in [9.17, 15) is 8.42 Å². The van der Waals surface area contributed by atoms with E-state index in [1.165, 1.54) is 4.31 Å². The number of rotatable bonds is 5. The molecule has 0 saturated heterocycles. The molecule has 0 spiro atoms. The van der Waals surface area contributed by atoms with E-state index in [2.05, 4.69) is 0 Å². The van der Waals surface area contributed by atoms with Gasteiger partial charge in [-0.2, -0.15) is 0 Å². The van der Waals surface area contributed by atoms with Crippen LogP contribution in [-0.2, 0) is 16.6 Å². The summed E-state index contributed by atoms with van der Waals surface area (Å²) >= 11 is 6.12. The van der Waals surface area contributed by atoms with Crippen molar-refractivity contribution in [2.45, 2.75) is 32.2 Å². The average Bonchev–Trinajstić information content (AvgIpc) is 2.61. The van der Waals surface area contributed by atoms with Crippen molar-refractivity contribution in [1.29, 1.82) is 0 Å². The Kier molecular flexibility index (Phi) is 5.59. The van der Waals surface area contributed by atoms with Crippen LogP contribution in [0.1, 0.15) is 22.3 Å². The first-order valence-corrected chi connectivity index (χ1v) is 10.5. The number of nitrogens with zero attached hydrogens (tertiary/aromatic N) is 1. The molecule has 0 radical (unpaired) electrons. The third-order valence-corrected chi connectivity index (χ3v) is 6.51. The Morgan fingerprint density at radius 3 is 2.04 bits per heavy atom. The van der Waals surface area contributed by atoms with E-state index >= 15 is 0 Å². The molecule has 0 aliphatic rings. The third kappa shape index (κ3) is 4.18. The second kappa shape index (κ2) is 7.75. The number of hydrogen-bond donors (Lipinski definition) is 0. The summed E-state index contributed by atoms with van der Waals surface area (Å²) in [5.74, 6) is 0. The Labute approximate surface area is 166 Å². The molecule has 0 aliphatic heterocycles. The number of anilines is 1. The topological polar surface area (TPSA) is 37.4 Å². The number of para-hydroxylation sites is 1. The van der Waals surface area contributed by atoms with Crippen molar-refractivity contribution in [3.63, 3.8) is 0 Å². The largest absolute Gasteiger partial charge is 0.264 e. The SMILES string of the molecule is Cc1ccc(S(=O)(=O)N(Cc2cccc(Cl)c2)c2c(C)cccc2C)cc1. The lowest BCUT2D eigenvalue weighted by Gasteiger charge is -2.28. The van der Waals surface area contributed by atoms with Gasteiger partial charge < -0.3 is 0 Å². The molecule has 0 bridgehead atoms. The molecule has 0 atom stereocenters. The van der Waals surface area contributed by atoms with Gasteiger partial charge in [-0.3, -0.25) is 4.31 Å². The van der Waals surface area contributed by atoms with Crippen molar-refractivity contribution in [2.75, 3.05) is 4.31 Å². The molecule has 140 valence electrons. The van der Waals surface area contributed by atoms with Crippen molar-refractivity contribution in [1.82, 2.24) is 0 Å². The second-order valence-electron chi connectivity index (χ2n) is 6.70. The highest BCUT2D eigenvalue weighted by molar-refractivity contribution is 7.92. The van der Waals surface area contributed by atoms with E-state index in [1.54, 1.807) is 24.3 Å². The van der Waals surface area contributed by atoms with E-state index in [1.807, 2.05) is 63.2 Å². The minimum atomic E-state index is -3.74. The molecular weight excluding hydrogens is 378 g/mol. The maximum atomic E-state index is 13.5. The predicted octanol–water partition coefficient (Wildman–Crippen LogP) is 5.66. The summed E-state index contributed by atoms with van der Waals surface area (Å²) in [6.07, 6.45) is 0. The highest BCUT2D eigenvalue weighted by Crippen LogP contribution is 2.32. The first-order chi connectivity index (χ1) is 12.8. The minimum Gasteiger partial charge on any atom is -0.261 e. The summed E-state index contributed by atoms with van der Waals surface area (Å²) in [4.78, 5) is 0.276. The van der Waals surface area contributed by atoms with E-state index in [0.717, 1.165) is 22.3 Å². The minimum absolute atomic E-state index is 0.211. The van der Waals surface area contributed by atoms with Gasteiger partial charge in [0.1, 0.15) is 0 Å². The first-order valence-electron chi connectivity index (χ1n) is 8.69. The van der Waals surface area contributed by atoms with Gasteiger partial charge in [0.05, 0.1) is 17.1 Å². The molecule has 3 nitrogen and oxygen atoms in total. The van der Waals surface area contributed by atoms with Crippen molar-refractivity contribution < 1.29 is 8.42 Å². The standard InChI is InChI=1S/C22H22ClNO2S/c1-16-10-12-21(13-11-16)27(25,26)24(15-19-8-5-9-20(23)14-19)22-17(2)6-4-7-18(22)3/h4-14H,15H2,1-3H3. The van der Waals surface area contributed by atoms with Gasteiger partial charge in [-0.1, -0.05) is 59.6 Å². The molecule has 3 rings (SSSR count). The van der Waals surface area contributed by atoms with E-state index < -0.39 is 10.0 Å². The Morgan fingerprint density at radius 2 is 1.44 bits per heavy atom. The van der Waals surface area contributed by atoms with Crippen LogP contribution in [0.25, 0.3) is 0 Å². The number of sulfonamides is 1. The van der Waals surface area contributed by atoms with Gasteiger partial charge in [0.2, 0.25) is 0 Å². The molecule has 0 aromatic heterocycles. The Balaban J connectivity index is 2.16. The van der Waals surface area contributed by atoms with E-state index in [4.69, 9.17) is 11.6 Å². The van der Waals surface area contributed by atoms with Gasteiger partial charge in [0, 0.05) is 5.02 Å². The molecule has 0 N–H and O–H groups in total. The van der Waals surface area contributed by atoms with Crippen LogP contribution in [0.3, 0.4) is 0 Å². The van der Waals surface area contributed by atoms with Gasteiger partial charge in [-0.25, -0.2) is 8.42 Å². The molecule has 0 aliphatic carbocycles. The van der Waals surface area contributed by atoms with Gasteiger partial charge in [-0.15, -0.1) is 0 Å². The number of halogens is 1. The van der Waals surface area contributed by atoms with Gasteiger partial charge in [-0.05, 0) is 61.7 Å². The number of hydrogen-bond acceptors (Lipinski definition) is 2.